The molecule has 0 bridgehead atoms. The molecule has 114 valence electrons. The standard InChI is InChI=1S/C16H14BrNO3S/c1-22-15-8-2-12(3-9-15)10-18-21-16(19)11-20-14-6-4-13(17)5-7-14/h2-10H,11H2,1H3/b18-10+. The summed E-state index contributed by atoms with van der Waals surface area (Å²) in [5, 5.41) is 3.65. The summed E-state index contributed by atoms with van der Waals surface area (Å²) in [4.78, 5) is 17.4. The maximum Gasteiger partial charge on any atom is 0.372 e. The van der Waals surface area contributed by atoms with E-state index >= 15 is 0 Å². The second-order valence-corrected chi connectivity index (χ2v) is 6.01. The first-order valence-electron chi connectivity index (χ1n) is 6.43. The number of thioether (sulfide) groups is 1. The van der Waals surface area contributed by atoms with Crippen LogP contribution in [0.15, 0.2) is 63.1 Å². The summed E-state index contributed by atoms with van der Waals surface area (Å²) in [7, 11) is 0. The highest BCUT2D eigenvalue weighted by Gasteiger charge is 2.03. The van der Waals surface area contributed by atoms with E-state index in [1.807, 2.05) is 42.7 Å². The van der Waals surface area contributed by atoms with Crippen LogP contribution in [0.3, 0.4) is 0 Å². The molecule has 22 heavy (non-hydrogen) atoms. The predicted octanol–water partition coefficient (Wildman–Crippen LogP) is 4.13. The van der Waals surface area contributed by atoms with Crippen molar-refractivity contribution in [3.63, 3.8) is 0 Å². The highest BCUT2D eigenvalue weighted by molar-refractivity contribution is 9.10. The Kier molecular flexibility index (Phi) is 6.48. The Morgan fingerprint density at radius 3 is 2.50 bits per heavy atom. The minimum atomic E-state index is -0.556. The molecule has 0 N–H and O–H groups in total. The van der Waals surface area contributed by atoms with E-state index < -0.39 is 5.97 Å². The molecule has 0 aliphatic carbocycles. The van der Waals surface area contributed by atoms with Gasteiger partial charge in [-0.25, -0.2) is 4.79 Å². The smallest absolute Gasteiger partial charge is 0.372 e. The fourth-order valence-electron chi connectivity index (χ4n) is 1.54. The zero-order valence-electron chi connectivity index (χ0n) is 11.9. The van der Waals surface area contributed by atoms with Crippen LogP contribution in [0.25, 0.3) is 0 Å². The van der Waals surface area contributed by atoms with Crippen LogP contribution in [-0.2, 0) is 9.63 Å². The van der Waals surface area contributed by atoms with Gasteiger partial charge in [-0.1, -0.05) is 33.2 Å². The van der Waals surface area contributed by atoms with Crippen LogP contribution >= 0.6 is 27.7 Å². The Balaban J connectivity index is 1.76. The van der Waals surface area contributed by atoms with Crippen molar-refractivity contribution < 1.29 is 14.4 Å². The average molecular weight is 380 g/mol. The molecular formula is C16H14BrNO3S. The Morgan fingerprint density at radius 2 is 1.86 bits per heavy atom. The van der Waals surface area contributed by atoms with Gasteiger partial charge in [0, 0.05) is 9.37 Å². The van der Waals surface area contributed by atoms with Crippen molar-refractivity contribution in [3.05, 3.63) is 58.6 Å². The molecule has 0 radical (unpaired) electrons. The van der Waals surface area contributed by atoms with Crippen molar-refractivity contribution in [3.8, 4) is 5.75 Å². The number of carbonyl (C=O) groups is 1. The molecule has 0 atom stereocenters. The van der Waals surface area contributed by atoms with Crippen molar-refractivity contribution in [2.75, 3.05) is 12.9 Å². The van der Waals surface area contributed by atoms with Crippen molar-refractivity contribution in [1.29, 1.82) is 0 Å². The quantitative estimate of drug-likeness (QED) is 0.327. The first kappa shape index (κ1) is 16.6. The lowest BCUT2D eigenvalue weighted by Gasteiger charge is -2.03. The van der Waals surface area contributed by atoms with Crippen LogP contribution in [0.2, 0.25) is 0 Å². The van der Waals surface area contributed by atoms with Gasteiger partial charge in [0.2, 0.25) is 0 Å². The van der Waals surface area contributed by atoms with Gasteiger partial charge in [0.25, 0.3) is 0 Å². The second-order valence-electron chi connectivity index (χ2n) is 4.21. The maximum absolute atomic E-state index is 11.5. The number of oxime groups is 1. The Morgan fingerprint density at radius 1 is 1.18 bits per heavy atom. The number of rotatable bonds is 6. The molecule has 6 heteroatoms. The van der Waals surface area contributed by atoms with Gasteiger partial charge in [-0.05, 0) is 48.2 Å². The summed E-state index contributed by atoms with van der Waals surface area (Å²) in [5.74, 6) is 0.0386. The van der Waals surface area contributed by atoms with E-state index in [1.54, 1.807) is 23.9 Å². The normalized spacial score (nSPS) is 10.6. The molecule has 0 amide bonds. The fraction of sp³-hybridized carbons (Fsp3) is 0.125. The van der Waals surface area contributed by atoms with E-state index in [0.717, 1.165) is 14.9 Å². The first-order valence-corrected chi connectivity index (χ1v) is 8.45. The molecule has 0 aromatic heterocycles. The summed E-state index contributed by atoms with van der Waals surface area (Å²) in [6.45, 7) is -0.190. The minimum Gasteiger partial charge on any atom is -0.482 e. The van der Waals surface area contributed by atoms with E-state index in [9.17, 15) is 4.79 Å². The zero-order valence-corrected chi connectivity index (χ0v) is 14.3. The molecule has 0 aliphatic heterocycles. The molecule has 0 saturated carbocycles. The molecule has 0 aliphatic rings. The molecule has 0 unspecified atom stereocenters. The Bertz CT molecular complexity index is 641. The van der Waals surface area contributed by atoms with Gasteiger partial charge in [-0.2, -0.15) is 0 Å². The molecule has 2 aromatic rings. The van der Waals surface area contributed by atoms with E-state index in [4.69, 9.17) is 9.57 Å². The zero-order chi connectivity index (χ0) is 15.8. The number of carbonyl (C=O) groups excluding carboxylic acids is 1. The van der Waals surface area contributed by atoms with Crippen molar-refractivity contribution in [2.24, 2.45) is 5.16 Å². The van der Waals surface area contributed by atoms with Crippen LogP contribution < -0.4 is 4.74 Å². The van der Waals surface area contributed by atoms with Gasteiger partial charge in [-0.3, -0.25) is 0 Å². The average Bonchev–Trinajstić information content (AvgIpc) is 2.55. The van der Waals surface area contributed by atoms with Crippen molar-refractivity contribution in [2.45, 2.75) is 4.90 Å². The minimum absolute atomic E-state index is 0.190. The molecular weight excluding hydrogens is 366 g/mol. The van der Waals surface area contributed by atoms with Crippen LogP contribution in [-0.4, -0.2) is 25.0 Å². The highest BCUT2D eigenvalue weighted by atomic mass is 79.9. The van der Waals surface area contributed by atoms with E-state index in [0.29, 0.717) is 5.75 Å². The molecule has 4 nitrogen and oxygen atoms in total. The summed E-state index contributed by atoms with van der Waals surface area (Å²) in [6.07, 6.45) is 3.50. The van der Waals surface area contributed by atoms with Gasteiger partial charge in [0.05, 0.1) is 6.21 Å². The molecule has 0 saturated heterocycles. The molecule has 0 fully saturated rings. The summed E-state index contributed by atoms with van der Waals surface area (Å²) in [6, 6.07) is 14.9. The summed E-state index contributed by atoms with van der Waals surface area (Å²) < 4.78 is 6.23. The Hall–Kier alpha value is -1.79. The lowest BCUT2D eigenvalue weighted by molar-refractivity contribution is -0.145. The first-order chi connectivity index (χ1) is 10.7. The number of ether oxygens (including phenoxy) is 1. The fourth-order valence-corrected chi connectivity index (χ4v) is 2.21. The van der Waals surface area contributed by atoms with E-state index in [-0.39, 0.29) is 6.61 Å². The molecule has 0 spiro atoms. The third-order valence-corrected chi connectivity index (χ3v) is 3.91. The van der Waals surface area contributed by atoms with Gasteiger partial charge in [0.15, 0.2) is 6.61 Å². The van der Waals surface area contributed by atoms with Gasteiger partial charge in [-0.15, -0.1) is 11.8 Å². The summed E-state index contributed by atoms with van der Waals surface area (Å²) in [5.41, 5.74) is 0.861. The topological polar surface area (TPSA) is 47.9 Å². The lowest BCUT2D eigenvalue weighted by atomic mass is 10.2. The lowest BCUT2D eigenvalue weighted by Crippen LogP contribution is -2.12. The summed E-state index contributed by atoms with van der Waals surface area (Å²) >= 11 is 4.99. The highest BCUT2D eigenvalue weighted by Crippen LogP contribution is 2.16. The SMILES string of the molecule is CSc1ccc(/C=N/OC(=O)COc2ccc(Br)cc2)cc1. The Labute approximate surface area is 141 Å². The van der Waals surface area contributed by atoms with Crippen molar-refractivity contribution in [1.82, 2.24) is 0 Å². The van der Waals surface area contributed by atoms with Crippen LogP contribution in [0.1, 0.15) is 5.56 Å². The van der Waals surface area contributed by atoms with Crippen LogP contribution in [0.4, 0.5) is 0 Å². The van der Waals surface area contributed by atoms with Gasteiger partial charge in [0.1, 0.15) is 5.75 Å². The van der Waals surface area contributed by atoms with Crippen molar-refractivity contribution >= 4 is 39.9 Å². The van der Waals surface area contributed by atoms with Crippen LogP contribution in [0.5, 0.6) is 5.75 Å². The molecule has 0 heterocycles. The predicted molar refractivity (Wildman–Crippen MR) is 91.5 cm³/mol. The molecule has 2 aromatic carbocycles. The van der Waals surface area contributed by atoms with Crippen LogP contribution in [0, 0.1) is 0 Å². The monoisotopic (exact) mass is 379 g/mol. The van der Waals surface area contributed by atoms with Gasteiger partial charge < -0.3 is 9.57 Å². The maximum atomic E-state index is 11.5. The number of nitrogens with zero attached hydrogens (tertiary/aromatic N) is 1. The number of benzene rings is 2. The largest absolute Gasteiger partial charge is 0.482 e. The molecule has 2 rings (SSSR count). The third-order valence-electron chi connectivity index (χ3n) is 2.64. The van der Waals surface area contributed by atoms with E-state index in [2.05, 4.69) is 21.1 Å². The number of halogens is 1. The number of hydrogen-bond acceptors (Lipinski definition) is 5. The number of hydrogen-bond donors (Lipinski definition) is 0. The third kappa shape index (κ3) is 5.54. The van der Waals surface area contributed by atoms with E-state index in [1.165, 1.54) is 6.21 Å². The van der Waals surface area contributed by atoms with Gasteiger partial charge >= 0.3 is 5.97 Å². The second kappa shape index (κ2) is 8.60.